The quantitative estimate of drug-likeness (QED) is 0.752. The minimum Gasteiger partial charge on any atom is -0.316 e. The Morgan fingerprint density at radius 1 is 1.53 bits per heavy atom. The fourth-order valence-electron chi connectivity index (χ4n) is 2.00. The van der Waals surface area contributed by atoms with E-state index in [2.05, 4.69) is 29.5 Å². The van der Waals surface area contributed by atoms with Crippen LogP contribution >= 0.6 is 11.3 Å². The number of nitrogens with one attached hydrogen (secondary N) is 1. The summed E-state index contributed by atoms with van der Waals surface area (Å²) >= 11 is 1.77. The highest BCUT2D eigenvalue weighted by Gasteiger charge is 2.42. The Morgan fingerprint density at radius 2 is 2.33 bits per heavy atom. The Morgan fingerprint density at radius 3 is 2.87 bits per heavy atom. The summed E-state index contributed by atoms with van der Waals surface area (Å²) in [4.78, 5) is 4.55. The molecule has 0 aromatic carbocycles. The van der Waals surface area contributed by atoms with Crippen LogP contribution in [0, 0.1) is 12.3 Å². The molecule has 84 valence electrons. The molecule has 1 N–H and O–H groups in total. The van der Waals surface area contributed by atoms with Crippen LogP contribution in [0.3, 0.4) is 0 Å². The number of thiazole rings is 1. The van der Waals surface area contributed by atoms with Gasteiger partial charge in [-0.3, -0.25) is 0 Å². The molecule has 0 amide bonds. The van der Waals surface area contributed by atoms with Crippen molar-refractivity contribution in [1.82, 2.24) is 10.3 Å². The van der Waals surface area contributed by atoms with Gasteiger partial charge in [0.2, 0.25) is 0 Å². The van der Waals surface area contributed by atoms with Crippen LogP contribution in [-0.2, 0) is 6.42 Å². The second kappa shape index (κ2) is 4.62. The fourth-order valence-corrected chi connectivity index (χ4v) is 2.61. The van der Waals surface area contributed by atoms with Gasteiger partial charge in [0.15, 0.2) is 0 Å². The van der Waals surface area contributed by atoms with E-state index in [-0.39, 0.29) is 0 Å². The van der Waals surface area contributed by atoms with E-state index in [0.717, 1.165) is 6.54 Å². The first-order chi connectivity index (χ1) is 7.24. The summed E-state index contributed by atoms with van der Waals surface area (Å²) in [6, 6.07) is 0. The van der Waals surface area contributed by atoms with Crippen LogP contribution in [0.2, 0.25) is 0 Å². The average Bonchev–Trinajstić information content (AvgIpc) is 2.84. The van der Waals surface area contributed by atoms with E-state index in [4.69, 9.17) is 0 Å². The molecule has 0 spiro atoms. The molecule has 1 heterocycles. The first-order valence-electron chi connectivity index (χ1n) is 5.86. The van der Waals surface area contributed by atoms with E-state index >= 15 is 0 Å². The molecule has 1 aromatic heterocycles. The summed E-state index contributed by atoms with van der Waals surface area (Å²) in [5.41, 5.74) is 1.85. The summed E-state index contributed by atoms with van der Waals surface area (Å²) in [6.45, 7) is 6.63. The van der Waals surface area contributed by atoms with Crippen molar-refractivity contribution in [1.29, 1.82) is 0 Å². The Labute approximate surface area is 96.1 Å². The molecule has 1 aromatic rings. The second-order valence-corrected chi connectivity index (χ2v) is 5.77. The topological polar surface area (TPSA) is 24.9 Å². The molecule has 3 heteroatoms. The van der Waals surface area contributed by atoms with Crippen LogP contribution in [-0.4, -0.2) is 18.1 Å². The van der Waals surface area contributed by atoms with Gasteiger partial charge in [0.25, 0.3) is 0 Å². The molecule has 0 bridgehead atoms. The van der Waals surface area contributed by atoms with Crippen LogP contribution < -0.4 is 5.32 Å². The average molecular weight is 224 g/mol. The van der Waals surface area contributed by atoms with Crippen LogP contribution in [0.15, 0.2) is 5.38 Å². The van der Waals surface area contributed by atoms with Gasteiger partial charge in [-0.25, -0.2) is 4.98 Å². The Bertz CT molecular complexity index is 315. The van der Waals surface area contributed by atoms with E-state index in [1.165, 1.54) is 42.9 Å². The lowest BCUT2D eigenvalue weighted by Gasteiger charge is -2.14. The molecule has 1 aliphatic carbocycles. The van der Waals surface area contributed by atoms with Crippen LogP contribution in [0.1, 0.15) is 36.9 Å². The van der Waals surface area contributed by atoms with E-state index in [9.17, 15) is 0 Å². The van der Waals surface area contributed by atoms with Crippen LogP contribution in [0.25, 0.3) is 0 Å². The van der Waals surface area contributed by atoms with Gasteiger partial charge in [0, 0.05) is 11.9 Å². The van der Waals surface area contributed by atoms with Gasteiger partial charge in [0.05, 0.1) is 10.7 Å². The van der Waals surface area contributed by atoms with E-state index < -0.39 is 0 Å². The first-order valence-corrected chi connectivity index (χ1v) is 6.74. The normalized spacial score (nSPS) is 18.0. The van der Waals surface area contributed by atoms with Crippen molar-refractivity contribution in [3.63, 3.8) is 0 Å². The van der Waals surface area contributed by atoms with Crippen molar-refractivity contribution in [3.05, 3.63) is 16.1 Å². The van der Waals surface area contributed by atoms with Gasteiger partial charge in [-0.15, -0.1) is 11.3 Å². The summed E-state index contributed by atoms with van der Waals surface area (Å²) in [5.74, 6) is 0. The van der Waals surface area contributed by atoms with Crippen molar-refractivity contribution in [2.24, 2.45) is 5.41 Å². The number of aromatic nitrogens is 1. The third kappa shape index (κ3) is 3.02. The smallest absolute Gasteiger partial charge is 0.0897 e. The lowest BCUT2D eigenvalue weighted by atomic mass is 10.0. The summed E-state index contributed by atoms with van der Waals surface area (Å²) in [7, 11) is 0. The van der Waals surface area contributed by atoms with Crippen molar-refractivity contribution in [2.45, 2.75) is 39.5 Å². The molecule has 0 aliphatic heterocycles. The van der Waals surface area contributed by atoms with Crippen LogP contribution in [0.4, 0.5) is 0 Å². The molecule has 15 heavy (non-hydrogen) atoms. The van der Waals surface area contributed by atoms with Gasteiger partial charge in [-0.1, -0.05) is 6.92 Å². The van der Waals surface area contributed by atoms with Gasteiger partial charge in [-0.05, 0) is 44.6 Å². The predicted octanol–water partition coefficient (Wildman–Crippen LogP) is 2.77. The highest BCUT2D eigenvalue weighted by molar-refractivity contribution is 7.09. The van der Waals surface area contributed by atoms with Gasteiger partial charge in [0.1, 0.15) is 0 Å². The SMILES string of the molecule is CCCNCC1(Cc2csc(C)n2)CC1. The second-order valence-electron chi connectivity index (χ2n) is 4.71. The minimum absolute atomic E-state index is 0.551. The van der Waals surface area contributed by atoms with Crippen molar-refractivity contribution in [3.8, 4) is 0 Å². The van der Waals surface area contributed by atoms with Crippen molar-refractivity contribution < 1.29 is 0 Å². The van der Waals surface area contributed by atoms with Gasteiger partial charge in [-0.2, -0.15) is 0 Å². The third-order valence-corrected chi connectivity index (χ3v) is 3.93. The first kappa shape index (κ1) is 11.1. The summed E-state index contributed by atoms with van der Waals surface area (Å²) < 4.78 is 0. The molecular weight excluding hydrogens is 204 g/mol. The van der Waals surface area contributed by atoms with Crippen molar-refractivity contribution in [2.75, 3.05) is 13.1 Å². The number of hydrogen-bond donors (Lipinski definition) is 1. The molecule has 0 unspecified atom stereocenters. The lowest BCUT2D eigenvalue weighted by Crippen LogP contribution is -2.26. The molecule has 1 aliphatic rings. The van der Waals surface area contributed by atoms with Crippen LogP contribution in [0.5, 0.6) is 0 Å². The minimum atomic E-state index is 0.551. The fraction of sp³-hybridized carbons (Fsp3) is 0.750. The molecule has 1 fully saturated rings. The molecule has 0 atom stereocenters. The zero-order valence-electron chi connectivity index (χ0n) is 9.68. The summed E-state index contributed by atoms with van der Waals surface area (Å²) in [5, 5.41) is 6.95. The molecular formula is C12H20N2S. The maximum Gasteiger partial charge on any atom is 0.0897 e. The Balaban J connectivity index is 1.83. The molecule has 0 radical (unpaired) electrons. The number of aryl methyl sites for hydroxylation is 1. The third-order valence-electron chi connectivity index (χ3n) is 3.11. The summed E-state index contributed by atoms with van der Waals surface area (Å²) in [6.07, 6.45) is 5.15. The zero-order valence-corrected chi connectivity index (χ0v) is 10.5. The number of nitrogens with zero attached hydrogens (tertiary/aromatic N) is 1. The molecule has 2 rings (SSSR count). The van der Waals surface area contributed by atoms with Gasteiger partial charge < -0.3 is 5.32 Å². The largest absolute Gasteiger partial charge is 0.316 e. The van der Waals surface area contributed by atoms with Gasteiger partial charge >= 0.3 is 0 Å². The molecule has 2 nitrogen and oxygen atoms in total. The van der Waals surface area contributed by atoms with Crippen molar-refractivity contribution >= 4 is 11.3 Å². The van der Waals surface area contributed by atoms with E-state index in [1.54, 1.807) is 11.3 Å². The monoisotopic (exact) mass is 224 g/mol. The highest BCUT2D eigenvalue weighted by Crippen LogP contribution is 2.47. The molecule has 0 saturated heterocycles. The van der Waals surface area contributed by atoms with E-state index in [0.29, 0.717) is 5.41 Å². The zero-order chi connectivity index (χ0) is 10.7. The Hall–Kier alpha value is -0.410. The number of rotatable bonds is 6. The Kier molecular flexibility index (Phi) is 3.42. The van der Waals surface area contributed by atoms with E-state index in [1.807, 2.05) is 0 Å². The maximum atomic E-state index is 4.55. The lowest BCUT2D eigenvalue weighted by molar-refractivity contribution is 0.452. The predicted molar refractivity (Wildman–Crippen MR) is 65.4 cm³/mol. The standard InChI is InChI=1S/C12H20N2S/c1-3-6-13-9-12(4-5-12)7-11-8-15-10(2)14-11/h8,13H,3-7,9H2,1-2H3. The molecule has 1 saturated carbocycles. The maximum absolute atomic E-state index is 4.55. The number of hydrogen-bond acceptors (Lipinski definition) is 3. The highest BCUT2D eigenvalue weighted by atomic mass is 32.1.